The number of aliphatic carboxylic acids is 2. The zero-order valence-corrected chi connectivity index (χ0v) is 13.2. The third-order valence-corrected chi connectivity index (χ3v) is 6.25. The van der Waals surface area contributed by atoms with Gasteiger partial charge in [0.05, 0.1) is 5.75 Å². The van der Waals surface area contributed by atoms with Crippen LogP contribution >= 0.6 is 0 Å². The van der Waals surface area contributed by atoms with Gasteiger partial charge < -0.3 is 10.2 Å². The highest BCUT2D eigenvalue weighted by Gasteiger charge is 2.45. The van der Waals surface area contributed by atoms with Crippen molar-refractivity contribution in [2.45, 2.75) is 37.4 Å². The van der Waals surface area contributed by atoms with Crippen LogP contribution in [0, 0.1) is 0 Å². The van der Waals surface area contributed by atoms with Crippen LogP contribution < -0.4 is 0 Å². The zero-order valence-electron chi connectivity index (χ0n) is 12.4. The molecule has 0 aliphatic carbocycles. The van der Waals surface area contributed by atoms with Gasteiger partial charge in [-0.1, -0.05) is 30.3 Å². The Morgan fingerprint density at radius 3 is 2.23 bits per heavy atom. The standard InChI is InChI=1S/C15H20O6S/c1-15(14(18)19,10-9-13(16)17)22(20,21)11-5-8-12-6-3-2-4-7-12/h2-4,6-7H,5,8-11H2,1H3,(H,16,17)(H,18,19). The monoisotopic (exact) mass is 328 g/mol. The number of rotatable bonds is 9. The minimum Gasteiger partial charge on any atom is -0.481 e. The molecule has 0 saturated heterocycles. The molecule has 122 valence electrons. The molecule has 0 spiro atoms. The summed E-state index contributed by atoms with van der Waals surface area (Å²) in [5, 5.41) is 17.9. The normalized spacial score (nSPS) is 14.2. The summed E-state index contributed by atoms with van der Waals surface area (Å²) < 4.78 is 22.6. The second kappa shape index (κ2) is 7.40. The lowest BCUT2D eigenvalue weighted by Gasteiger charge is -2.24. The Bertz CT molecular complexity index is 623. The Labute approximate surface area is 129 Å². The van der Waals surface area contributed by atoms with Crippen LogP contribution in [0.5, 0.6) is 0 Å². The molecule has 0 amide bonds. The predicted molar refractivity (Wildman–Crippen MR) is 81.5 cm³/mol. The summed E-state index contributed by atoms with van der Waals surface area (Å²) in [6.45, 7) is 1.08. The maximum Gasteiger partial charge on any atom is 0.324 e. The van der Waals surface area contributed by atoms with Gasteiger partial charge in [-0.15, -0.1) is 0 Å². The molecule has 0 aliphatic rings. The lowest BCUT2D eigenvalue weighted by Crippen LogP contribution is -2.45. The molecule has 2 N–H and O–H groups in total. The molecule has 0 aliphatic heterocycles. The van der Waals surface area contributed by atoms with E-state index in [9.17, 15) is 23.1 Å². The lowest BCUT2D eigenvalue weighted by molar-refractivity contribution is -0.140. The van der Waals surface area contributed by atoms with Gasteiger partial charge in [-0.25, -0.2) is 8.42 Å². The summed E-state index contributed by atoms with van der Waals surface area (Å²) in [4.78, 5) is 21.9. The summed E-state index contributed by atoms with van der Waals surface area (Å²) in [6.07, 6.45) is -0.122. The minimum absolute atomic E-state index is 0.287. The molecule has 1 unspecified atom stereocenters. The highest BCUT2D eigenvalue weighted by Crippen LogP contribution is 2.26. The topological polar surface area (TPSA) is 109 Å². The molecule has 0 fully saturated rings. The third-order valence-electron chi connectivity index (χ3n) is 3.68. The van der Waals surface area contributed by atoms with Gasteiger partial charge in [-0.2, -0.15) is 0 Å². The van der Waals surface area contributed by atoms with Crippen LogP contribution in [-0.2, 0) is 25.8 Å². The molecular weight excluding hydrogens is 308 g/mol. The van der Waals surface area contributed by atoms with Crippen molar-refractivity contribution in [2.24, 2.45) is 0 Å². The van der Waals surface area contributed by atoms with E-state index >= 15 is 0 Å². The van der Waals surface area contributed by atoms with E-state index in [-0.39, 0.29) is 5.75 Å². The van der Waals surface area contributed by atoms with E-state index in [1.54, 1.807) is 0 Å². The quantitative estimate of drug-likeness (QED) is 0.715. The van der Waals surface area contributed by atoms with E-state index in [0.29, 0.717) is 12.8 Å². The Morgan fingerprint density at radius 2 is 1.73 bits per heavy atom. The van der Waals surface area contributed by atoms with Crippen molar-refractivity contribution in [3.63, 3.8) is 0 Å². The number of aryl methyl sites for hydroxylation is 1. The fourth-order valence-electron chi connectivity index (χ4n) is 2.08. The van der Waals surface area contributed by atoms with Crippen LogP contribution in [0.15, 0.2) is 30.3 Å². The van der Waals surface area contributed by atoms with Crippen molar-refractivity contribution in [1.82, 2.24) is 0 Å². The van der Waals surface area contributed by atoms with E-state index in [1.807, 2.05) is 30.3 Å². The first-order chi connectivity index (χ1) is 10.2. The molecule has 22 heavy (non-hydrogen) atoms. The summed E-state index contributed by atoms with van der Waals surface area (Å²) in [7, 11) is -3.95. The van der Waals surface area contributed by atoms with Gasteiger partial charge >= 0.3 is 11.9 Å². The molecule has 0 saturated carbocycles. The number of hydrogen-bond acceptors (Lipinski definition) is 4. The molecular formula is C15H20O6S. The average molecular weight is 328 g/mol. The Morgan fingerprint density at radius 1 is 1.14 bits per heavy atom. The first-order valence-electron chi connectivity index (χ1n) is 6.90. The fraction of sp³-hybridized carbons (Fsp3) is 0.467. The van der Waals surface area contributed by atoms with Gasteiger partial charge in [0.15, 0.2) is 14.6 Å². The zero-order chi connectivity index (χ0) is 16.8. The highest BCUT2D eigenvalue weighted by atomic mass is 32.2. The third kappa shape index (κ3) is 4.56. The van der Waals surface area contributed by atoms with Gasteiger partial charge in [0.2, 0.25) is 0 Å². The van der Waals surface area contributed by atoms with Gasteiger partial charge in [0, 0.05) is 6.42 Å². The summed E-state index contributed by atoms with van der Waals surface area (Å²) in [5.74, 6) is -3.01. The lowest BCUT2D eigenvalue weighted by atomic mass is 10.1. The number of hydrogen-bond donors (Lipinski definition) is 2. The van der Waals surface area contributed by atoms with Crippen molar-refractivity contribution in [1.29, 1.82) is 0 Å². The van der Waals surface area contributed by atoms with E-state index in [0.717, 1.165) is 12.5 Å². The molecule has 1 rings (SSSR count). The SMILES string of the molecule is CC(CCC(=O)O)(C(=O)O)S(=O)(=O)CCCc1ccccc1. The summed E-state index contributed by atoms with van der Waals surface area (Å²) >= 11 is 0. The van der Waals surface area contributed by atoms with E-state index in [1.165, 1.54) is 0 Å². The van der Waals surface area contributed by atoms with Crippen LogP contribution in [0.25, 0.3) is 0 Å². The molecule has 6 nitrogen and oxygen atoms in total. The number of benzene rings is 1. The maximum absolute atomic E-state index is 12.3. The Hall–Kier alpha value is -1.89. The molecule has 0 heterocycles. The van der Waals surface area contributed by atoms with Crippen LogP contribution in [0.4, 0.5) is 0 Å². The molecule has 7 heteroatoms. The van der Waals surface area contributed by atoms with Crippen LogP contribution in [0.2, 0.25) is 0 Å². The first-order valence-corrected chi connectivity index (χ1v) is 8.56. The molecule has 0 aromatic heterocycles. The molecule has 1 aromatic rings. The van der Waals surface area contributed by atoms with Gasteiger partial charge in [0.1, 0.15) is 0 Å². The van der Waals surface area contributed by atoms with Crippen molar-refractivity contribution >= 4 is 21.8 Å². The molecule has 1 aromatic carbocycles. The van der Waals surface area contributed by atoms with Gasteiger partial charge in [-0.05, 0) is 31.7 Å². The maximum atomic E-state index is 12.3. The van der Waals surface area contributed by atoms with Crippen molar-refractivity contribution in [3.05, 3.63) is 35.9 Å². The van der Waals surface area contributed by atoms with Crippen LogP contribution in [0.1, 0.15) is 31.7 Å². The number of carbonyl (C=O) groups is 2. The molecule has 1 atom stereocenters. The fourth-order valence-corrected chi connectivity index (χ4v) is 3.73. The Balaban J connectivity index is 2.75. The van der Waals surface area contributed by atoms with Gasteiger partial charge in [-0.3, -0.25) is 9.59 Å². The van der Waals surface area contributed by atoms with Gasteiger partial charge in [0.25, 0.3) is 0 Å². The van der Waals surface area contributed by atoms with E-state index in [2.05, 4.69) is 0 Å². The van der Waals surface area contributed by atoms with Crippen molar-refractivity contribution in [2.75, 3.05) is 5.75 Å². The molecule has 0 bridgehead atoms. The summed E-state index contributed by atoms with van der Waals surface area (Å²) in [5.41, 5.74) is 0.972. The minimum atomic E-state index is -3.95. The van der Waals surface area contributed by atoms with Crippen molar-refractivity contribution < 1.29 is 28.2 Å². The van der Waals surface area contributed by atoms with E-state index in [4.69, 9.17) is 5.11 Å². The predicted octanol–water partition coefficient (Wildman–Crippen LogP) is 1.74. The van der Waals surface area contributed by atoms with Crippen LogP contribution in [0.3, 0.4) is 0 Å². The highest BCUT2D eigenvalue weighted by molar-refractivity contribution is 7.93. The second-order valence-corrected chi connectivity index (χ2v) is 7.88. The largest absolute Gasteiger partial charge is 0.481 e. The Kier molecular flexibility index (Phi) is 6.11. The molecule has 0 radical (unpaired) electrons. The number of sulfone groups is 1. The summed E-state index contributed by atoms with van der Waals surface area (Å²) in [6, 6.07) is 9.28. The smallest absolute Gasteiger partial charge is 0.324 e. The van der Waals surface area contributed by atoms with Crippen molar-refractivity contribution in [3.8, 4) is 0 Å². The first kappa shape index (κ1) is 18.2. The number of carboxylic acid groups (broad SMARTS) is 2. The average Bonchev–Trinajstić information content (AvgIpc) is 2.45. The second-order valence-electron chi connectivity index (χ2n) is 5.34. The van der Waals surface area contributed by atoms with E-state index < -0.39 is 39.4 Å². The number of carboxylic acids is 2. The van der Waals surface area contributed by atoms with Crippen LogP contribution in [-0.4, -0.2) is 41.1 Å².